The van der Waals surface area contributed by atoms with Crippen molar-refractivity contribution in [2.75, 3.05) is 48.8 Å². The molecule has 1 aromatic carbocycles. The Kier molecular flexibility index (Phi) is 9.09. The minimum absolute atomic E-state index is 0.0128. The van der Waals surface area contributed by atoms with E-state index in [9.17, 15) is 13.6 Å². The van der Waals surface area contributed by atoms with Gasteiger partial charge in [0.25, 0.3) is 5.91 Å². The summed E-state index contributed by atoms with van der Waals surface area (Å²) >= 11 is 1.23. The number of aromatic nitrogens is 2. The van der Waals surface area contributed by atoms with Gasteiger partial charge in [0.2, 0.25) is 5.95 Å². The Hall–Kier alpha value is -3.55. The second-order valence-electron chi connectivity index (χ2n) is 11.1. The van der Waals surface area contributed by atoms with E-state index >= 15 is 0 Å². The Labute approximate surface area is 248 Å². The molecule has 4 heterocycles. The molecule has 2 aliphatic rings. The van der Waals surface area contributed by atoms with Gasteiger partial charge < -0.3 is 26.0 Å². The lowest BCUT2D eigenvalue weighted by Crippen LogP contribution is -2.59. The van der Waals surface area contributed by atoms with Crippen LogP contribution >= 0.6 is 11.3 Å². The van der Waals surface area contributed by atoms with Crippen molar-refractivity contribution in [3.63, 3.8) is 0 Å². The molecule has 13 heteroatoms. The van der Waals surface area contributed by atoms with Crippen molar-refractivity contribution >= 4 is 46.1 Å². The number of primary amides is 1. The molecular formula is C29H38F2N8O2S. The fourth-order valence-electron chi connectivity index (χ4n) is 5.71. The first kappa shape index (κ1) is 29.9. The number of halogens is 2. The maximum atomic E-state index is 13.4. The summed E-state index contributed by atoms with van der Waals surface area (Å²) < 4.78 is 31.8. The Balaban J connectivity index is 1.29. The van der Waals surface area contributed by atoms with E-state index in [1.807, 2.05) is 13.0 Å². The number of thiophene rings is 1. The summed E-state index contributed by atoms with van der Waals surface area (Å²) in [5.74, 6) is 0.105. The highest BCUT2D eigenvalue weighted by Gasteiger charge is 2.32. The van der Waals surface area contributed by atoms with Crippen molar-refractivity contribution in [1.29, 1.82) is 0 Å². The first-order chi connectivity index (χ1) is 20.1. The van der Waals surface area contributed by atoms with E-state index in [1.165, 1.54) is 11.3 Å². The molecule has 10 nitrogen and oxygen atoms in total. The lowest BCUT2D eigenvalue weighted by atomic mass is 9.98. The lowest BCUT2D eigenvalue weighted by molar-refractivity contribution is -0.0493. The number of benzene rings is 1. The van der Waals surface area contributed by atoms with Gasteiger partial charge in [-0.2, -0.15) is 13.8 Å². The molecule has 2 aromatic heterocycles. The molecule has 0 aliphatic carbocycles. The van der Waals surface area contributed by atoms with Crippen LogP contribution in [0.25, 0.3) is 0 Å². The number of nitrogens with one attached hydrogen (secondary N) is 2. The quantitative estimate of drug-likeness (QED) is 0.312. The smallest absolute Gasteiger partial charge is 0.387 e. The van der Waals surface area contributed by atoms with Crippen LogP contribution in [0.2, 0.25) is 0 Å². The topological polar surface area (TPSA) is 112 Å². The number of hydrogen-bond donors (Lipinski definition) is 3. The van der Waals surface area contributed by atoms with E-state index in [4.69, 9.17) is 10.5 Å². The molecule has 2 atom stereocenters. The molecule has 4 N–H and O–H groups in total. The van der Waals surface area contributed by atoms with Crippen LogP contribution < -0.4 is 26.0 Å². The van der Waals surface area contributed by atoms with Gasteiger partial charge in [-0.25, -0.2) is 4.98 Å². The van der Waals surface area contributed by atoms with Gasteiger partial charge in [0, 0.05) is 67.8 Å². The number of nitrogens with zero attached hydrogens (tertiary/aromatic N) is 5. The molecule has 2 fully saturated rings. The molecule has 3 aromatic rings. The van der Waals surface area contributed by atoms with Crippen LogP contribution in [0.4, 0.5) is 37.6 Å². The van der Waals surface area contributed by atoms with Crippen molar-refractivity contribution in [3.8, 4) is 5.75 Å². The molecule has 0 spiro atoms. The lowest BCUT2D eigenvalue weighted by Gasteiger charge is -2.47. The Morgan fingerprint density at radius 2 is 1.83 bits per heavy atom. The average molecular weight is 601 g/mol. The number of anilines is 5. The van der Waals surface area contributed by atoms with E-state index in [0.29, 0.717) is 40.2 Å². The second kappa shape index (κ2) is 12.8. The van der Waals surface area contributed by atoms with E-state index < -0.39 is 12.5 Å². The van der Waals surface area contributed by atoms with Crippen molar-refractivity contribution in [3.05, 3.63) is 46.3 Å². The van der Waals surface area contributed by atoms with Gasteiger partial charge in [-0.3, -0.25) is 14.6 Å². The van der Waals surface area contributed by atoms with Crippen molar-refractivity contribution < 1.29 is 18.3 Å². The minimum Gasteiger partial charge on any atom is -0.433 e. The molecule has 0 unspecified atom stereocenters. The third-order valence-corrected chi connectivity index (χ3v) is 9.20. The molecule has 0 radical (unpaired) electrons. The summed E-state index contributed by atoms with van der Waals surface area (Å²) in [5, 5.41) is 7.89. The van der Waals surface area contributed by atoms with Gasteiger partial charge >= 0.3 is 6.61 Å². The average Bonchev–Trinajstić information content (AvgIpc) is 3.42. The number of carbonyl (C=O) groups is 1. The van der Waals surface area contributed by atoms with Gasteiger partial charge in [-0.1, -0.05) is 0 Å². The fraction of sp³-hybridized carbons (Fsp3) is 0.483. The molecule has 0 bridgehead atoms. The number of ether oxygens (including phenoxy) is 1. The summed E-state index contributed by atoms with van der Waals surface area (Å²) in [7, 11) is 2.19. The van der Waals surface area contributed by atoms with Crippen LogP contribution in [0.3, 0.4) is 0 Å². The monoisotopic (exact) mass is 600 g/mol. The van der Waals surface area contributed by atoms with Gasteiger partial charge in [0.1, 0.15) is 10.7 Å². The molecule has 5 rings (SSSR count). The van der Waals surface area contributed by atoms with Gasteiger partial charge in [0.05, 0.1) is 11.4 Å². The number of alkyl halides is 2. The highest BCUT2D eigenvalue weighted by Crippen LogP contribution is 2.35. The maximum Gasteiger partial charge on any atom is 0.387 e. The molecule has 2 aliphatic heterocycles. The van der Waals surface area contributed by atoms with Crippen LogP contribution in [-0.4, -0.2) is 83.6 Å². The molecule has 1 amide bonds. The number of carbonyl (C=O) groups excluding carboxylic acids is 1. The highest BCUT2D eigenvalue weighted by atomic mass is 32.1. The predicted molar refractivity (Wildman–Crippen MR) is 163 cm³/mol. The van der Waals surface area contributed by atoms with Crippen LogP contribution in [0.5, 0.6) is 5.75 Å². The number of rotatable bonds is 9. The van der Waals surface area contributed by atoms with E-state index in [2.05, 4.69) is 56.2 Å². The standard InChI is InChI=1S/C29H38F2N8O2S/c1-17-14-33-29(36-27(17)34-23-9-12-42-25(23)26(32)40)35-22-6-5-21(13-24(22)41-28(30)31)38-10-7-20(8-11-38)39-15-18(2)37(4)19(3)16-39/h5-6,9,12-14,18-20,28H,7-8,10-11,15-16H2,1-4H3,(H2,32,40)(H2,33,34,35,36)/t18-,19-/m1/s1. The Bertz CT molecular complexity index is 1390. The van der Waals surface area contributed by atoms with Crippen LogP contribution in [0, 0.1) is 6.92 Å². The zero-order chi connectivity index (χ0) is 30.0. The fourth-order valence-corrected chi connectivity index (χ4v) is 6.41. The summed E-state index contributed by atoms with van der Waals surface area (Å²) in [5.41, 5.74) is 7.87. The Morgan fingerprint density at radius 3 is 2.50 bits per heavy atom. The third kappa shape index (κ3) is 6.74. The number of hydrogen-bond acceptors (Lipinski definition) is 10. The number of likely N-dealkylation sites (N-methyl/N-ethyl adjacent to an activating group) is 1. The zero-order valence-corrected chi connectivity index (χ0v) is 25.1. The first-order valence-electron chi connectivity index (χ1n) is 14.1. The van der Waals surface area contributed by atoms with Gasteiger partial charge in [0.15, 0.2) is 5.75 Å². The minimum atomic E-state index is -2.99. The summed E-state index contributed by atoms with van der Waals surface area (Å²) in [6.45, 7) is 7.19. The maximum absolute atomic E-state index is 13.4. The van der Waals surface area contributed by atoms with Crippen molar-refractivity contribution in [2.45, 2.75) is 58.3 Å². The normalized spacial score (nSPS) is 20.6. The summed E-state index contributed by atoms with van der Waals surface area (Å²) in [6, 6.07) is 8.56. The predicted octanol–water partition coefficient (Wildman–Crippen LogP) is 5.03. The van der Waals surface area contributed by atoms with Crippen LogP contribution in [0.15, 0.2) is 35.8 Å². The van der Waals surface area contributed by atoms with Crippen LogP contribution in [-0.2, 0) is 0 Å². The van der Waals surface area contributed by atoms with E-state index in [1.54, 1.807) is 29.8 Å². The number of aryl methyl sites for hydroxylation is 1. The van der Waals surface area contributed by atoms with Gasteiger partial charge in [-0.05, 0) is 64.2 Å². The van der Waals surface area contributed by atoms with E-state index in [-0.39, 0.29) is 11.7 Å². The number of nitrogens with two attached hydrogens (primary N) is 1. The van der Waals surface area contributed by atoms with Crippen molar-refractivity contribution in [1.82, 2.24) is 19.8 Å². The molecule has 42 heavy (non-hydrogen) atoms. The molecule has 2 saturated heterocycles. The molecular weight excluding hydrogens is 562 g/mol. The summed E-state index contributed by atoms with van der Waals surface area (Å²) in [6.07, 6.45) is 3.63. The zero-order valence-electron chi connectivity index (χ0n) is 24.3. The second-order valence-corrected chi connectivity index (χ2v) is 12.0. The van der Waals surface area contributed by atoms with Gasteiger partial charge in [-0.15, -0.1) is 11.3 Å². The Morgan fingerprint density at radius 1 is 1.12 bits per heavy atom. The number of piperidine rings is 1. The van der Waals surface area contributed by atoms with Crippen molar-refractivity contribution in [2.24, 2.45) is 5.73 Å². The number of amides is 1. The highest BCUT2D eigenvalue weighted by molar-refractivity contribution is 7.12. The van der Waals surface area contributed by atoms with Crippen LogP contribution in [0.1, 0.15) is 41.9 Å². The SMILES string of the molecule is Cc1cnc(Nc2ccc(N3CCC(N4C[C@@H](C)N(C)[C@H](C)C4)CC3)cc2OC(F)F)nc1Nc1ccsc1C(N)=O. The number of piperazine rings is 1. The summed E-state index contributed by atoms with van der Waals surface area (Å²) in [4.78, 5) is 28.2. The first-order valence-corrected chi connectivity index (χ1v) is 15.0. The largest absolute Gasteiger partial charge is 0.433 e. The molecule has 226 valence electrons. The third-order valence-electron chi connectivity index (χ3n) is 8.28. The van der Waals surface area contributed by atoms with E-state index in [0.717, 1.165) is 50.3 Å². The molecule has 0 saturated carbocycles.